The Hall–Kier alpha value is -2.27. The average molecular weight is 325 g/mol. The van der Waals surface area contributed by atoms with E-state index in [1.54, 1.807) is 18.9 Å². The van der Waals surface area contributed by atoms with Gasteiger partial charge in [0.15, 0.2) is 11.0 Å². The van der Waals surface area contributed by atoms with Crippen LogP contribution in [0.2, 0.25) is 0 Å². The van der Waals surface area contributed by atoms with Crippen molar-refractivity contribution < 1.29 is 4.74 Å². The zero-order valence-electron chi connectivity index (χ0n) is 13.3. The van der Waals surface area contributed by atoms with Crippen molar-refractivity contribution in [2.75, 3.05) is 12.9 Å². The number of hydrogen-bond acceptors (Lipinski definition) is 4. The van der Waals surface area contributed by atoms with E-state index in [9.17, 15) is 0 Å². The molecule has 0 saturated heterocycles. The van der Waals surface area contributed by atoms with E-state index in [0.29, 0.717) is 0 Å². The molecule has 0 fully saturated rings. The number of aromatic nitrogens is 3. The van der Waals surface area contributed by atoms with E-state index in [2.05, 4.69) is 46.0 Å². The van der Waals surface area contributed by atoms with Crippen molar-refractivity contribution in [3.63, 3.8) is 0 Å². The van der Waals surface area contributed by atoms with Gasteiger partial charge in [0, 0.05) is 5.56 Å². The van der Waals surface area contributed by atoms with Crippen LogP contribution in [0.3, 0.4) is 0 Å². The Bertz CT molecular complexity index is 754. The summed E-state index contributed by atoms with van der Waals surface area (Å²) in [4.78, 5) is 0. The fraction of sp³-hybridized carbons (Fsp3) is 0.222. The molecule has 0 bridgehead atoms. The van der Waals surface area contributed by atoms with Crippen LogP contribution < -0.4 is 4.74 Å². The zero-order valence-corrected chi connectivity index (χ0v) is 14.1. The molecule has 0 radical (unpaired) electrons. The van der Waals surface area contributed by atoms with Gasteiger partial charge in [-0.3, -0.25) is 4.57 Å². The lowest BCUT2D eigenvalue weighted by molar-refractivity contribution is 0.415. The first-order valence-electron chi connectivity index (χ1n) is 7.56. The molecule has 3 rings (SSSR count). The number of ether oxygens (including phenoxy) is 1. The van der Waals surface area contributed by atoms with Crippen molar-refractivity contribution in [1.82, 2.24) is 14.8 Å². The van der Waals surface area contributed by atoms with Gasteiger partial charge in [-0.05, 0) is 35.6 Å². The molecule has 1 heterocycles. The predicted octanol–water partition coefficient (Wildman–Crippen LogP) is 4.11. The van der Waals surface area contributed by atoms with E-state index in [-0.39, 0.29) is 0 Å². The maximum Gasteiger partial charge on any atom is 0.191 e. The van der Waals surface area contributed by atoms with Crippen molar-refractivity contribution in [1.29, 1.82) is 0 Å². The Kier molecular flexibility index (Phi) is 4.98. The molecule has 0 aliphatic carbocycles. The van der Waals surface area contributed by atoms with Crippen LogP contribution in [0, 0.1) is 0 Å². The molecule has 0 spiro atoms. The minimum Gasteiger partial charge on any atom is -0.497 e. The predicted molar refractivity (Wildman–Crippen MR) is 94.0 cm³/mol. The molecule has 5 heteroatoms. The summed E-state index contributed by atoms with van der Waals surface area (Å²) in [5, 5.41) is 9.72. The summed E-state index contributed by atoms with van der Waals surface area (Å²) in [6.07, 6.45) is 0. The van der Waals surface area contributed by atoms with Crippen molar-refractivity contribution >= 4 is 11.8 Å². The highest BCUT2D eigenvalue weighted by molar-refractivity contribution is 7.99. The average Bonchev–Trinajstić information content (AvgIpc) is 2.99. The van der Waals surface area contributed by atoms with Gasteiger partial charge in [-0.2, -0.15) is 0 Å². The first-order valence-corrected chi connectivity index (χ1v) is 8.54. The largest absolute Gasteiger partial charge is 0.497 e. The van der Waals surface area contributed by atoms with Crippen molar-refractivity contribution in [3.8, 4) is 17.1 Å². The Morgan fingerprint density at radius 2 is 1.74 bits per heavy atom. The fourth-order valence-corrected chi connectivity index (χ4v) is 3.05. The van der Waals surface area contributed by atoms with E-state index in [0.717, 1.165) is 34.6 Å². The number of rotatable bonds is 6. The van der Waals surface area contributed by atoms with Gasteiger partial charge in [0.2, 0.25) is 0 Å². The lowest BCUT2D eigenvalue weighted by Crippen LogP contribution is -2.04. The molecule has 0 atom stereocenters. The number of benzene rings is 2. The van der Waals surface area contributed by atoms with E-state index in [4.69, 9.17) is 4.74 Å². The molecule has 0 aliphatic rings. The maximum absolute atomic E-state index is 5.23. The smallest absolute Gasteiger partial charge is 0.191 e. The van der Waals surface area contributed by atoms with Gasteiger partial charge in [0.1, 0.15) is 5.75 Å². The van der Waals surface area contributed by atoms with E-state index >= 15 is 0 Å². The summed E-state index contributed by atoms with van der Waals surface area (Å²) in [7, 11) is 1.67. The van der Waals surface area contributed by atoms with Crippen LogP contribution in [0.4, 0.5) is 0 Å². The van der Waals surface area contributed by atoms with Gasteiger partial charge >= 0.3 is 0 Å². The van der Waals surface area contributed by atoms with Crippen molar-refractivity contribution in [2.24, 2.45) is 0 Å². The Morgan fingerprint density at radius 3 is 2.39 bits per heavy atom. The summed E-state index contributed by atoms with van der Waals surface area (Å²) >= 11 is 1.71. The van der Waals surface area contributed by atoms with Crippen molar-refractivity contribution in [3.05, 3.63) is 60.2 Å². The molecule has 4 nitrogen and oxygen atoms in total. The second-order valence-corrected chi connectivity index (χ2v) is 6.27. The molecule has 0 saturated carbocycles. The molecule has 1 aromatic heterocycles. The SMILES string of the molecule is CCSc1nnc(-c2ccc(OC)cc2)n1Cc1ccccc1. The summed E-state index contributed by atoms with van der Waals surface area (Å²) in [6, 6.07) is 18.3. The molecule has 0 N–H and O–H groups in total. The summed E-state index contributed by atoms with van der Waals surface area (Å²) in [6.45, 7) is 2.89. The third kappa shape index (κ3) is 3.56. The van der Waals surface area contributed by atoms with Crippen LogP contribution in [0.1, 0.15) is 12.5 Å². The maximum atomic E-state index is 5.23. The topological polar surface area (TPSA) is 39.9 Å². The van der Waals surface area contributed by atoms with E-state index < -0.39 is 0 Å². The van der Waals surface area contributed by atoms with Gasteiger partial charge in [0.25, 0.3) is 0 Å². The fourth-order valence-electron chi connectivity index (χ4n) is 2.39. The first kappa shape index (κ1) is 15.6. The van der Waals surface area contributed by atoms with Crippen LogP contribution in [-0.4, -0.2) is 27.6 Å². The lowest BCUT2D eigenvalue weighted by atomic mass is 10.2. The highest BCUT2D eigenvalue weighted by atomic mass is 32.2. The molecule has 3 aromatic rings. The number of hydrogen-bond donors (Lipinski definition) is 0. The monoisotopic (exact) mass is 325 g/mol. The lowest BCUT2D eigenvalue weighted by Gasteiger charge is -2.10. The second-order valence-electron chi connectivity index (χ2n) is 5.04. The zero-order chi connectivity index (χ0) is 16.1. The standard InChI is InChI=1S/C18H19N3OS/c1-3-23-18-20-19-17(15-9-11-16(22-2)12-10-15)21(18)13-14-7-5-4-6-8-14/h4-12H,3,13H2,1-2H3. The van der Waals surface area contributed by atoms with Gasteiger partial charge < -0.3 is 4.74 Å². The third-order valence-electron chi connectivity index (χ3n) is 3.52. The molecule has 0 unspecified atom stereocenters. The highest BCUT2D eigenvalue weighted by Gasteiger charge is 2.14. The summed E-state index contributed by atoms with van der Waals surface area (Å²) < 4.78 is 7.40. The summed E-state index contributed by atoms with van der Waals surface area (Å²) in [5.41, 5.74) is 2.28. The van der Waals surface area contributed by atoms with Crippen LogP contribution in [0.5, 0.6) is 5.75 Å². The van der Waals surface area contributed by atoms with Gasteiger partial charge in [-0.15, -0.1) is 10.2 Å². The van der Waals surface area contributed by atoms with Crippen LogP contribution >= 0.6 is 11.8 Å². The van der Waals surface area contributed by atoms with E-state index in [1.807, 2.05) is 30.3 Å². The van der Waals surface area contributed by atoms with Gasteiger partial charge in [-0.25, -0.2) is 0 Å². The molecule has 2 aromatic carbocycles. The molecular formula is C18H19N3OS. The van der Waals surface area contributed by atoms with Crippen molar-refractivity contribution in [2.45, 2.75) is 18.6 Å². The Balaban J connectivity index is 1.98. The van der Waals surface area contributed by atoms with E-state index in [1.165, 1.54) is 5.56 Å². The number of methoxy groups -OCH3 is 1. The van der Waals surface area contributed by atoms with Crippen LogP contribution in [-0.2, 0) is 6.54 Å². The molecule has 0 aliphatic heterocycles. The Morgan fingerprint density at radius 1 is 1.00 bits per heavy atom. The minimum atomic E-state index is 0.761. The van der Waals surface area contributed by atoms with Crippen LogP contribution in [0.25, 0.3) is 11.4 Å². The van der Waals surface area contributed by atoms with Gasteiger partial charge in [-0.1, -0.05) is 49.0 Å². The molecule has 0 amide bonds. The molecule has 23 heavy (non-hydrogen) atoms. The third-order valence-corrected chi connectivity index (χ3v) is 4.37. The highest BCUT2D eigenvalue weighted by Crippen LogP contribution is 2.26. The molecule has 118 valence electrons. The first-order chi connectivity index (χ1) is 11.3. The minimum absolute atomic E-state index is 0.761. The quantitative estimate of drug-likeness (QED) is 0.639. The second kappa shape index (κ2) is 7.33. The Labute approximate surface area is 140 Å². The number of nitrogens with zero attached hydrogens (tertiary/aromatic N) is 3. The molecular weight excluding hydrogens is 306 g/mol. The number of thioether (sulfide) groups is 1. The van der Waals surface area contributed by atoms with Gasteiger partial charge in [0.05, 0.1) is 13.7 Å². The van der Waals surface area contributed by atoms with Crippen LogP contribution in [0.15, 0.2) is 59.8 Å². The normalized spacial score (nSPS) is 10.7. The summed E-state index contributed by atoms with van der Waals surface area (Å²) in [5.74, 6) is 2.69.